The maximum atomic E-state index is 9.60. The molecule has 0 aliphatic carbocycles. The first kappa shape index (κ1) is 11.8. The number of rotatable bonds is 2. The second kappa shape index (κ2) is 6.29. The minimum absolute atomic E-state index is 0.176. The Kier molecular flexibility index (Phi) is 5.68. The molecule has 1 aliphatic heterocycles. The molecule has 0 atom stereocenters. The van der Waals surface area contributed by atoms with Crippen molar-refractivity contribution in [2.45, 2.75) is 19.8 Å². The molecule has 0 aromatic carbocycles. The third kappa shape index (κ3) is 5.96. The number of carboxylic acids is 1. The molecule has 3 nitrogen and oxygen atoms in total. The fraction of sp³-hybridized carbons (Fsp3) is 0.500. The van der Waals surface area contributed by atoms with Crippen LogP contribution in [0.3, 0.4) is 0 Å². The predicted molar refractivity (Wildman–Crippen MR) is 53.5 cm³/mol. The summed E-state index contributed by atoms with van der Waals surface area (Å²) >= 11 is 0. The molecule has 0 amide bonds. The highest BCUT2D eigenvalue weighted by Gasteiger charge is 2.04. The number of nitrogens with zero attached hydrogens (tertiary/aromatic N) is 1. The second-order valence-electron chi connectivity index (χ2n) is 3.01. The van der Waals surface area contributed by atoms with Crippen LogP contribution in [0.2, 0.25) is 0 Å². The third-order valence-electron chi connectivity index (χ3n) is 1.76. The van der Waals surface area contributed by atoms with Crippen LogP contribution >= 0.6 is 0 Å². The van der Waals surface area contributed by atoms with Gasteiger partial charge >= 0.3 is 5.97 Å². The Balaban J connectivity index is 0.000000226. The van der Waals surface area contributed by atoms with Gasteiger partial charge in [0.25, 0.3) is 0 Å². The summed E-state index contributed by atoms with van der Waals surface area (Å²) in [7, 11) is 0. The van der Waals surface area contributed by atoms with Crippen molar-refractivity contribution in [2.24, 2.45) is 0 Å². The van der Waals surface area contributed by atoms with Crippen molar-refractivity contribution < 1.29 is 9.90 Å². The molecule has 1 fully saturated rings. The van der Waals surface area contributed by atoms with Crippen molar-refractivity contribution in [3.63, 3.8) is 0 Å². The highest BCUT2D eigenvalue weighted by Crippen LogP contribution is 2.05. The zero-order valence-corrected chi connectivity index (χ0v) is 8.12. The summed E-state index contributed by atoms with van der Waals surface area (Å²) in [5.74, 6) is -0.935. The van der Waals surface area contributed by atoms with Crippen LogP contribution in [0.5, 0.6) is 0 Å². The van der Waals surface area contributed by atoms with Crippen LogP contribution in [0, 0.1) is 0 Å². The first-order valence-electron chi connectivity index (χ1n) is 4.33. The summed E-state index contributed by atoms with van der Waals surface area (Å²) in [6, 6.07) is 0. The monoisotopic (exact) mass is 183 g/mol. The number of carbonyl (C=O) groups is 1. The maximum absolute atomic E-state index is 9.60. The van der Waals surface area contributed by atoms with Gasteiger partial charge in [-0.25, -0.2) is 4.79 Å². The molecular formula is C10H17NO2. The second-order valence-corrected chi connectivity index (χ2v) is 3.01. The van der Waals surface area contributed by atoms with Gasteiger partial charge in [0.2, 0.25) is 0 Å². The zero-order chi connectivity index (χ0) is 10.3. The SMILES string of the molecule is C=C(C)C(=O)O.C=CN1CCCC1. The number of likely N-dealkylation sites (tertiary alicyclic amines) is 1. The number of hydrogen-bond acceptors (Lipinski definition) is 2. The Morgan fingerprint density at radius 2 is 1.85 bits per heavy atom. The van der Waals surface area contributed by atoms with E-state index in [1.807, 2.05) is 6.20 Å². The first-order valence-corrected chi connectivity index (χ1v) is 4.33. The fourth-order valence-electron chi connectivity index (χ4n) is 0.924. The zero-order valence-electron chi connectivity index (χ0n) is 8.12. The Morgan fingerprint density at radius 3 is 2.00 bits per heavy atom. The lowest BCUT2D eigenvalue weighted by molar-refractivity contribution is -0.132. The molecule has 0 aromatic rings. The van der Waals surface area contributed by atoms with E-state index in [4.69, 9.17) is 5.11 Å². The van der Waals surface area contributed by atoms with Gasteiger partial charge in [-0.1, -0.05) is 13.2 Å². The first-order chi connectivity index (χ1) is 6.07. The molecule has 0 aromatic heterocycles. The third-order valence-corrected chi connectivity index (χ3v) is 1.76. The lowest BCUT2D eigenvalue weighted by Gasteiger charge is -2.07. The smallest absolute Gasteiger partial charge is 0.330 e. The number of carboxylic acid groups (broad SMARTS) is 1. The van der Waals surface area contributed by atoms with Gasteiger partial charge in [-0.2, -0.15) is 0 Å². The molecule has 1 N–H and O–H groups in total. The summed E-state index contributed by atoms with van der Waals surface area (Å²) in [4.78, 5) is 11.8. The largest absolute Gasteiger partial charge is 0.478 e. The standard InChI is InChI=1S/C6H11N.C4H6O2/c1-2-7-5-3-4-6-7;1-3(2)4(5)6/h2H,1,3-6H2;1H2,2H3,(H,5,6). The van der Waals surface area contributed by atoms with Crippen LogP contribution in [0.15, 0.2) is 24.9 Å². The lowest BCUT2D eigenvalue weighted by Crippen LogP contribution is -2.08. The van der Waals surface area contributed by atoms with E-state index in [0.717, 1.165) is 0 Å². The van der Waals surface area contributed by atoms with Crippen LogP contribution in [-0.4, -0.2) is 29.1 Å². The van der Waals surface area contributed by atoms with Gasteiger partial charge in [0.1, 0.15) is 0 Å². The quantitative estimate of drug-likeness (QED) is 0.664. The van der Waals surface area contributed by atoms with Crippen LogP contribution < -0.4 is 0 Å². The van der Waals surface area contributed by atoms with Gasteiger partial charge in [-0.15, -0.1) is 0 Å². The number of hydrogen-bond donors (Lipinski definition) is 1. The molecule has 0 radical (unpaired) electrons. The van der Waals surface area contributed by atoms with E-state index >= 15 is 0 Å². The molecule has 0 unspecified atom stereocenters. The van der Waals surface area contributed by atoms with Crippen molar-refractivity contribution in [3.8, 4) is 0 Å². The van der Waals surface area contributed by atoms with Gasteiger partial charge in [0.05, 0.1) is 0 Å². The molecule has 74 valence electrons. The Morgan fingerprint density at radius 1 is 1.46 bits per heavy atom. The minimum Gasteiger partial charge on any atom is -0.478 e. The van der Waals surface area contributed by atoms with E-state index in [9.17, 15) is 4.79 Å². The normalized spacial score (nSPS) is 14.4. The van der Waals surface area contributed by atoms with Crippen LogP contribution in [-0.2, 0) is 4.79 Å². The molecule has 0 saturated carbocycles. The lowest BCUT2D eigenvalue weighted by atomic mass is 10.4. The van der Waals surface area contributed by atoms with Crippen molar-refractivity contribution in [1.29, 1.82) is 0 Å². The van der Waals surface area contributed by atoms with Crippen molar-refractivity contribution in [1.82, 2.24) is 4.90 Å². The molecule has 1 aliphatic rings. The minimum atomic E-state index is -0.935. The van der Waals surface area contributed by atoms with Crippen molar-refractivity contribution >= 4 is 5.97 Å². The Hall–Kier alpha value is -1.25. The molecule has 13 heavy (non-hydrogen) atoms. The average Bonchev–Trinajstić information content (AvgIpc) is 2.56. The van der Waals surface area contributed by atoms with Crippen molar-refractivity contribution in [3.05, 3.63) is 24.9 Å². The Labute approximate surface area is 79.4 Å². The summed E-state index contributed by atoms with van der Waals surface area (Å²) in [5.41, 5.74) is 0.176. The predicted octanol–water partition coefficient (Wildman–Crippen LogP) is 1.87. The van der Waals surface area contributed by atoms with E-state index in [2.05, 4.69) is 18.1 Å². The average molecular weight is 183 g/mol. The fourth-order valence-corrected chi connectivity index (χ4v) is 0.924. The van der Waals surface area contributed by atoms with E-state index < -0.39 is 5.97 Å². The molecule has 0 spiro atoms. The summed E-state index contributed by atoms with van der Waals surface area (Å²) in [6.07, 6.45) is 4.63. The van der Waals surface area contributed by atoms with Crippen LogP contribution in [0.4, 0.5) is 0 Å². The van der Waals surface area contributed by atoms with Crippen LogP contribution in [0.25, 0.3) is 0 Å². The van der Waals surface area contributed by atoms with E-state index in [-0.39, 0.29) is 5.57 Å². The van der Waals surface area contributed by atoms with Crippen molar-refractivity contribution in [2.75, 3.05) is 13.1 Å². The van der Waals surface area contributed by atoms with Gasteiger partial charge in [0.15, 0.2) is 0 Å². The van der Waals surface area contributed by atoms with Gasteiger partial charge in [-0.05, 0) is 26.0 Å². The van der Waals surface area contributed by atoms with Gasteiger partial charge in [0, 0.05) is 18.7 Å². The summed E-state index contributed by atoms with van der Waals surface area (Å²) < 4.78 is 0. The van der Waals surface area contributed by atoms with Crippen LogP contribution in [0.1, 0.15) is 19.8 Å². The molecule has 1 rings (SSSR count). The van der Waals surface area contributed by atoms with Gasteiger partial charge < -0.3 is 10.0 Å². The molecular weight excluding hydrogens is 166 g/mol. The number of aliphatic carboxylic acids is 1. The van der Waals surface area contributed by atoms with Gasteiger partial charge in [-0.3, -0.25) is 0 Å². The molecule has 1 heterocycles. The highest BCUT2D eigenvalue weighted by molar-refractivity contribution is 5.84. The van der Waals surface area contributed by atoms with E-state index in [0.29, 0.717) is 0 Å². The van der Waals surface area contributed by atoms with E-state index in [1.54, 1.807) is 0 Å². The molecule has 1 saturated heterocycles. The molecule has 3 heteroatoms. The summed E-state index contributed by atoms with van der Waals surface area (Å²) in [5, 5.41) is 7.89. The highest BCUT2D eigenvalue weighted by atomic mass is 16.4. The molecule has 0 bridgehead atoms. The Bertz CT molecular complexity index is 181. The topological polar surface area (TPSA) is 40.5 Å². The summed E-state index contributed by atoms with van der Waals surface area (Å²) in [6.45, 7) is 10.7. The van der Waals surface area contributed by atoms with E-state index in [1.165, 1.54) is 32.9 Å². The maximum Gasteiger partial charge on any atom is 0.330 e.